The Balaban J connectivity index is 3.45. The molecule has 0 bridgehead atoms. The lowest BCUT2D eigenvalue weighted by Crippen LogP contribution is -2.13. The van der Waals surface area contributed by atoms with Crippen molar-refractivity contribution >= 4 is 0 Å². The highest BCUT2D eigenvalue weighted by molar-refractivity contribution is 5.31. The second-order valence-electron chi connectivity index (χ2n) is 2.98. The Morgan fingerprint density at radius 3 is 2.35 bits per heavy atom. The van der Waals surface area contributed by atoms with Gasteiger partial charge in [-0.05, 0) is 0 Å². The molecule has 0 amide bonds. The van der Waals surface area contributed by atoms with Gasteiger partial charge in [0.25, 0.3) is 6.43 Å². The van der Waals surface area contributed by atoms with Crippen LogP contribution in [0.2, 0.25) is 0 Å². The van der Waals surface area contributed by atoms with Crippen molar-refractivity contribution in [2.75, 3.05) is 0 Å². The fourth-order valence-corrected chi connectivity index (χ4v) is 1.18. The van der Waals surface area contributed by atoms with Gasteiger partial charge in [0.2, 0.25) is 0 Å². The monoisotopic (exact) mass is 254 g/mol. The van der Waals surface area contributed by atoms with Crippen molar-refractivity contribution < 1.29 is 26.3 Å². The third-order valence-electron chi connectivity index (χ3n) is 1.90. The van der Waals surface area contributed by atoms with Crippen LogP contribution in [0.4, 0.5) is 26.3 Å². The van der Waals surface area contributed by atoms with Gasteiger partial charge in [0.15, 0.2) is 0 Å². The minimum absolute atomic E-state index is 0.105. The summed E-state index contributed by atoms with van der Waals surface area (Å²) < 4.78 is 74.8. The third kappa shape index (κ3) is 2.67. The molecule has 0 aliphatic rings. The summed E-state index contributed by atoms with van der Waals surface area (Å²) in [5, 5.41) is 8.27. The van der Waals surface area contributed by atoms with Crippen molar-refractivity contribution in [2.24, 2.45) is 0 Å². The minimum atomic E-state index is -5.11. The molecule has 8 heteroatoms. The zero-order chi connectivity index (χ0) is 13.2. The quantitative estimate of drug-likeness (QED) is 0.759. The van der Waals surface area contributed by atoms with Crippen LogP contribution in [-0.4, -0.2) is 4.98 Å². The maximum absolute atomic E-state index is 13.3. The van der Waals surface area contributed by atoms with Crippen LogP contribution >= 0.6 is 0 Å². The third-order valence-corrected chi connectivity index (χ3v) is 1.90. The van der Waals surface area contributed by atoms with Crippen LogP contribution in [-0.2, 0) is 12.6 Å². The minimum Gasteiger partial charge on any atom is -0.259 e. The zero-order valence-corrected chi connectivity index (χ0v) is 8.02. The first kappa shape index (κ1) is 13.3. The first-order valence-corrected chi connectivity index (χ1v) is 4.18. The predicted molar refractivity (Wildman–Crippen MR) is 43.5 cm³/mol. The number of rotatable bonds is 2. The average Bonchev–Trinajstić information content (AvgIpc) is 2.15. The molecule has 1 rings (SSSR count). The van der Waals surface area contributed by atoms with Crippen LogP contribution in [0.1, 0.15) is 23.2 Å². The highest BCUT2D eigenvalue weighted by atomic mass is 19.4. The molecular weight excluding hydrogens is 250 g/mol. The lowest BCUT2D eigenvalue weighted by molar-refractivity contribution is -0.140. The van der Waals surface area contributed by atoms with E-state index in [1.54, 1.807) is 0 Å². The van der Waals surface area contributed by atoms with Crippen LogP contribution in [0.5, 0.6) is 0 Å². The van der Waals surface area contributed by atoms with E-state index < -0.39 is 41.7 Å². The van der Waals surface area contributed by atoms with Gasteiger partial charge in [0.05, 0.1) is 23.7 Å². The molecule has 0 saturated carbocycles. The normalized spacial score (nSPS) is 11.6. The largest absolute Gasteiger partial charge is 0.420 e. The van der Waals surface area contributed by atoms with Crippen molar-refractivity contribution in [3.63, 3.8) is 0 Å². The Morgan fingerprint density at radius 1 is 1.35 bits per heavy atom. The van der Waals surface area contributed by atoms with E-state index in [2.05, 4.69) is 4.98 Å². The number of nitrogens with zero attached hydrogens (tertiary/aromatic N) is 2. The summed E-state index contributed by atoms with van der Waals surface area (Å²) in [5.74, 6) is -2.08. The highest BCUT2D eigenvalue weighted by Crippen LogP contribution is 2.35. The number of hydrogen-bond donors (Lipinski definition) is 0. The summed E-state index contributed by atoms with van der Waals surface area (Å²) >= 11 is 0. The topological polar surface area (TPSA) is 36.7 Å². The van der Waals surface area contributed by atoms with Crippen LogP contribution in [0.3, 0.4) is 0 Å². The van der Waals surface area contributed by atoms with E-state index in [4.69, 9.17) is 5.26 Å². The van der Waals surface area contributed by atoms with E-state index in [0.29, 0.717) is 0 Å². The fourth-order valence-electron chi connectivity index (χ4n) is 1.18. The molecule has 1 aromatic heterocycles. The zero-order valence-electron chi connectivity index (χ0n) is 8.02. The van der Waals surface area contributed by atoms with E-state index >= 15 is 0 Å². The lowest BCUT2D eigenvalue weighted by atomic mass is 10.1. The van der Waals surface area contributed by atoms with Gasteiger partial charge in [-0.15, -0.1) is 0 Å². The summed E-state index contributed by atoms with van der Waals surface area (Å²) in [4.78, 5) is 3.05. The predicted octanol–water partition coefficient (Wildman–Crippen LogP) is 3.24. The van der Waals surface area contributed by atoms with Crippen molar-refractivity contribution in [3.05, 3.63) is 28.8 Å². The molecule has 0 spiro atoms. The molecule has 0 radical (unpaired) electrons. The van der Waals surface area contributed by atoms with Gasteiger partial charge in [-0.2, -0.15) is 18.4 Å². The Labute approximate surface area is 91.5 Å². The van der Waals surface area contributed by atoms with Crippen LogP contribution in [0.25, 0.3) is 0 Å². The molecule has 92 valence electrons. The number of hydrogen-bond acceptors (Lipinski definition) is 2. The van der Waals surface area contributed by atoms with Crippen molar-refractivity contribution in [1.82, 2.24) is 4.98 Å². The SMILES string of the molecule is N#CCc1ncc(C(F)(F)F)c(F)c1C(F)F. The summed E-state index contributed by atoms with van der Waals surface area (Å²) in [6.07, 6.45) is -9.15. The smallest absolute Gasteiger partial charge is 0.259 e. The highest BCUT2D eigenvalue weighted by Gasteiger charge is 2.37. The lowest BCUT2D eigenvalue weighted by Gasteiger charge is -2.12. The molecule has 0 atom stereocenters. The van der Waals surface area contributed by atoms with Gasteiger partial charge in [0, 0.05) is 6.20 Å². The fraction of sp³-hybridized carbons (Fsp3) is 0.333. The van der Waals surface area contributed by atoms with Crippen molar-refractivity contribution in [3.8, 4) is 6.07 Å². The number of pyridine rings is 1. The van der Waals surface area contributed by atoms with E-state index in [0.717, 1.165) is 0 Å². The molecule has 17 heavy (non-hydrogen) atoms. The van der Waals surface area contributed by atoms with E-state index in [9.17, 15) is 26.3 Å². The van der Waals surface area contributed by atoms with E-state index in [-0.39, 0.29) is 6.20 Å². The second-order valence-corrected chi connectivity index (χ2v) is 2.98. The summed E-state index contributed by atoms with van der Waals surface area (Å²) in [7, 11) is 0. The number of alkyl halides is 5. The molecule has 0 fully saturated rings. The molecule has 2 nitrogen and oxygen atoms in total. The van der Waals surface area contributed by atoms with Gasteiger partial charge < -0.3 is 0 Å². The maximum Gasteiger partial charge on any atom is 0.420 e. The summed E-state index contributed by atoms with van der Waals surface area (Å²) in [6.45, 7) is 0. The molecular formula is C9H4F6N2. The van der Waals surface area contributed by atoms with Gasteiger partial charge in [-0.3, -0.25) is 4.98 Å². The molecule has 0 saturated heterocycles. The van der Waals surface area contributed by atoms with E-state index in [1.165, 1.54) is 6.07 Å². The van der Waals surface area contributed by atoms with E-state index in [1.807, 2.05) is 0 Å². The van der Waals surface area contributed by atoms with Gasteiger partial charge >= 0.3 is 6.18 Å². The molecule has 0 aromatic carbocycles. The van der Waals surface area contributed by atoms with Crippen LogP contribution < -0.4 is 0 Å². The standard InChI is InChI=1S/C9H4F6N2/c10-7-4(9(13,14)15)3-17-5(1-2-16)6(7)8(11)12/h3,8H,1H2. The van der Waals surface area contributed by atoms with Gasteiger partial charge in [-0.1, -0.05) is 0 Å². The molecule has 0 aliphatic heterocycles. The Bertz CT molecular complexity index is 460. The second kappa shape index (κ2) is 4.61. The molecule has 1 aromatic rings. The van der Waals surface area contributed by atoms with Crippen molar-refractivity contribution in [1.29, 1.82) is 5.26 Å². The van der Waals surface area contributed by atoms with Crippen LogP contribution in [0, 0.1) is 17.1 Å². The van der Waals surface area contributed by atoms with Gasteiger partial charge in [0.1, 0.15) is 11.4 Å². The molecule has 1 heterocycles. The Kier molecular flexibility index (Phi) is 3.60. The number of nitriles is 1. The average molecular weight is 254 g/mol. The Morgan fingerprint density at radius 2 is 1.94 bits per heavy atom. The first-order valence-electron chi connectivity index (χ1n) is 4.18. The maximum atomic E-state index is 13.3. The van der Waals surface area contributed by atoms with Crippen LogP contribution in [0.15, 0.2) is 6.20 Å². The number of halogens is 6. The molecule has 0 unspecified atom stereocenters. The summed E-state index contributed by atoms with van der Waals surface area (Å²) in [5.41, 5.74) is -4.02. The van der Waals surface area contributed by atoms with Gasteiger partial charge in [-0.25, -0.2) is 13.2 Å². The Hall–Kier alpha value is -1.78. The molecule has 0 aliphatic carbocycles. The first-order chi connectivity index (χ1) is 7.79. The van der Waals surface area contributed by atoms with Crippen molar-refractivity contribution in [2.45, 2.75) is 19.0 Å². The summed E-state index contributed by atoms with van der Waals surface area (Å²) in [6, 6.07) is 1.42. The molecule has 0 N–H and O–H groups in total. The number of aromatic nitrogens is 1.